The van der Waals surface area contributed by atoms with Crippen LogP contribution in [0.2, 0.25) is 0 Å². The highest BCUT2D eigenvalue weighted by molar-refractivity contribution is 6.76. The second-order valence-electron chi connectivity index (χ2n) is 3.58. The van der Waals surface area contributed by atoms with Crippen LogP contribution in [-0.4, -0.2) is 44.2 Å². The lowest BCUT2D eigenvalue weighted by Gasteiger charge is -2.28. The third kappa shape index (κ3) is 2.27. The van der Waals surface area contributed by atoms with Crippen molar-refractivity contribution in [3.63, 3.8) is 0 Å². The van der Waals surface area contributed by atoms with Crippen molar-refractivity contribution in [1.82, 2.24) is 0 Å². The van der Waals surface area contributed by atoms with Crippen molar-refractivity contribution in [2.75, 3.05) is 40.3 Å². The van der Waals surface area contributed by atoms with Crippen LogP contribution >= 0.6 is 0 Å². The molecule has 5 heteroatoms. The van der Waals surface area contributed by atoms with E-state index in [9.17, 15) is 0 Å². The maximum Gasteiger partial charge on any atom is 0.538 e. The minimum absolute atomic E-state index is 0.979. The standard InChI is InChI=1S/C11H19NO3Si/c1-12(2)10-8-6-7-9-11(10)16(13-3,14-4)15-5/h6-9H,1-5H3. The van der Waals surface area contributed by atoms with Gasteiger partial charge in [0.1, 0.15) is 0 Å². The normalized spacial score (nSPS) is 11.6. The van der Waals surface area contributed by atoms with Gasteiger partial charge >= 0.3 is 8.80 Å². The highest BCUT2D eigenvalue weighted by atomic mass is 28.4. The Labute approximate surface area is 98.1 Å². The van der Waals surface area contributed by atoms with Gasteiger partial charge in [-0.2, -0.15) is 0 Å². The van der Waals surface area contributed by atoms with Crippen molar-refractivity contribution in [3.8, 4) is 0 Å². The first-order valence-corrected chi connectivity index (χ1v) is 6.76. The topological polar surface area (TPSA) is 30.9 Å². The summed E-state index contributed by atoms with van der Waals surface area (Å²) >= 11 is 0. The molecule has 0 aliphatic rings. The van der Waals surface area contributed by atoms with Gasteiger partial charge in [-0.3, -0.25) is 0 Å². The second-order valence-corrected chi connectivity index (χ2v) is 6.46. The van der Waals surface area contributed by atoms with Gasteiger partial charge in [0.25, 0.3) is 0 Å². The molecule has 0 fully saturated rings. The summed E-state index contributed by atoms with van der Waals surface area (Å²) in [6.45, 7) is 0. The zero-order valence-corrected chi connectivity index (χ0v) is 11.5. The maximum atomic E-state index is 5.48. The van der Waals surface area contributed by atoms with E-state index in [0.717, 1.165) is 10.9 Å². The Morgan fingerprint density at radius 1 is 0.938 bits per heavy atom. The minimum Gasteiger partial charge on any atom is -0.378 e. The number of para-hydroxylation sites is 1. The number of anilines is 1. The molecule has 0 bridgehead atoms. The Morgan fingerprint density at radius 2 is 1.44 bits per heavy atom. The van der Waals surface area contributed by atoms with Gasteiger partial charge in [0.15, 0.2) is 0 Å². The summed E-state index contributed by atoms with van der Waals surface area (Å²) in [5.74, 6) is 0. The fourth-order valence-electron chi connectivity index (χ4n) is 1.70. The molecule has 0 spiro atoms. The molecule has 0 amide bonds. The van der Waals surface area contributed by atoms with Crippen LogP contribution in [0.1, 0.15) is 0 Å². The van der Waals surface area contributed by atoms with E-state index in [1.165, 1.54) is 0 Å². The highest BCUT2D eigenvalue weighted by Gasteiger charge is 2.42. The number of nitrogens with zero attached hydrogens (tertiary/aromatic N) is 1. The molecule has 0 radical (unpaired) electrons. The molecule has 0 aliphatic carbocycles. The molecule has 0 saturated carbocycles. The van der Waals surface area contributed by atoms with Crippen LogP contribution in [0, 0.1) is 0 Å². The van der Waals surface area contributed by atoms with E-state index in [2.05, 4.69) is 0 Å². The maximum absolute atomic E-state index is 5.48. The van der Waals surface area contributed by atoms with Gasteiger partial charge in [-0.15, -0.1) is 0 Å². The van der Waals surface area contributed by atoms with Gasteiger partial charge in [-0.1, -0.05) is 18.2 Å². The van der Waals surface area contributed by atoms with Gasteiger partial charge in [0.05, 0.1) is 0 Å². The molecule has 0 N–H and O–H groups in total. The Kier molecular flexibility index (Phi) is 4.49. The Hall–Kier alpha value is -0.883. The summed E-state index contributed by atoms with van der Waals surface area (Å²) in [5.41, 5.74) is 1.06. The first kappa shape index (κ1) is 13.2. The highest BCUT2D eigenvalue weighted by Crippen LogP contribution is 2.15. The molecule has 0 atom stereocenters. The van der Waals surface area contributed by atoms with Crippen LogP contribution in [0.5, 0.6) is 0 Å². The number of benzene rings is 1. The van der Waals surface area contributed by atoms with Crippen molar-refractivity contribution >= 4 is 19.7 Å². The van der Waals surface area contributed by atoms with Crippen LogP contribution in [0.25, 0.3) is 0 Å². The molecule has 90 valence electrons. The van der Waals surface area contributed by atoms with E-state index in [-0.39, 0.29) is 0 Å². The fraction of sp³-hybridized carbons (Fsp3) is 0.455. The Morgan fingerprint density at radius 3 is 1.88 bits per heavy atom. The molecular formula is C11H19NO3Si. The molecular weight excluding hydrogens is 222 g/mol. The first-order valence-electron chi connectivity index (χ1n) is 5.03. The lowest BCUT2D eigenvalue weighted by atomic mass is 10.3. The van der Waals surface area contributed by atoms with Gasteiger partial charge < -0.3 is 18.2 Å². The quantitative estimate of drug-likeness (QED) is 0.715. The Balaban J connectivity index is 3.29. The molecule has 16 heavy (non-hydrogen) atoms. The van der Waals surface area contributed by atoms with E-state index in [4.69, 9.17) is 13.3 Å². The second kappa shape index (κ2) is 5.45. The number of hydrogen-bond donors (Lipinski definition) is 0. The SMILES string of the molecule is CO[Si](OC)(OC)c1ccccc1N(C)C. The van der Waals surface area contributed by atoms with E-state index < -0.39 is 8.80 Å². The smallest absolute Gasteiger partial charge is 0.378 e. The van der Waals surface area contributed by atoms with Gasteiger partial charge in [0.2, 0.25) is 0 Å². The third-order valence-corrected chi connectivity index (χ3v) is 5.22. The van der Waals surface area contributed by atoms with Gasteiger partial charge in [-0.25, -0.2) is 0 Å². The predicted molar refractivity (Wildman–Crippen MR) is 67.2 cm³/mol. The van der Waals surface area contributed by atoms with Crippen molar-refractivity contribution in [2.45, 2.75) is 0 Å². The van der Waals surface area contributed by atoms with Crippen LogP contribution < -0.4 is 10.1 Å². The van der Waals surface area contributed by atoms with Crippen molar-refractivity contribution in [2.24, 2.45) is 0 Å². The number of hydrogen-bond acceptors (Lipinski definition) is 4. The molecule has 0 aromatic heterocycles. The molecule has 0 heterocycles. The monoisotopic (exact) mass is 241 g/mol. The lowest BCUT2D eigenvalue weighted by molar-refractivity contribution is 0.140. The molecule has 1 aromatic carbocycles. The zero-order valence-electron chi connectivity index (χ0n) is 10.5. The van der Waals surface area contributed by atoms with Crippen LogP contribution in [0.4, 0.5) is 5.69 Å². The molecule has 4 nitrogen and oxygen atoms in total. The van der Waals surface area contributed by atoms with E-state index in [0.29, 0.717) is 0 Å². The van der Waals surface area contributed by atoms with Gasteiger partial charge in [0, 0.05) is 46.3 Å². The van der Waals surface area contributed by atoms with Gasteiger partial charge in [-0.05, 0) is 6.07 Å². The molecule has 0 saturated heterocycles. The fourth-order valence-corrected chi connectivity index (χ4v) is 3.78. The summed E-state index contributed by atoms with van der Waals surface area (Å²) in [6.07, 6.45) is 0. The summed E-state index contributed by atoms with van der Waals surface area (Å²) in [6, 6.07) is 7.95. The summed E-state index contributed by atoms with van der Waals surface area (Å²) in [5, 5.41) is 0.979. The molecule has 1 rings (SSSR count). The molecule has 0 aliphatic heterocycles. The number of rotatable bonds is 5. The zero-order chi connectivity index (χ0) is 12.2. The van der Waals surface area contributed by atoms with E-state index >= 15 is 0 Å². The predicted octanol–water partition coefficient (Wildman–Crippen LogP) is 0.838. The average molecular weight is 241 g/mol. The van der Waals surface area contributed by atoms with Crippen molar-refractivity contribution < 1.29 is 13.3 Å². The summed E-state index contributed by atoms with van der Waals surface area (Å²) in [7, 11) is 6.08. The van der Waals surface area contributed by atoms with Crippen LogP contribution in [0.3, 0.4) is 0 Å². The van der Waals surface area contributed by atoms with Crippen LogP contribution in [-0.2, 0) is 13.3 Å². The van der Waals surface area contributed by atoms with E-state index in [1.807, 2.05) is 43.3 Å². The lowest BCUT2D eigenvalue weighted by Crippen LogP contribution is -2.55. The van der Waals surface area contributed by atoms with E-state index in [1.54, 1.807) is 21.3 Å². The van der Waals surface area contributed by atoms with Crippen LogP contribution in [0.15, 0.2) is 24.3 Å². The largest absolute Gasteiger partial charge is 0.538 e. The molecule has 0 unspecified atom stereocenters. The summed E-state index contributed by atoms with van der Waals surface area (Å²) in [4.78, 5) is 2.02. The Bertz CT molecular complexity index is 331. The van der Waals surface area contributed by atoms with Crippen molar-refractivity contribution in [3.05, 3.63) is 24.3 Å². The van der Waals surface area contributed by atoms with Crippen molar-refractivity contribution in [1.29, 1.82) is 0 Å². The molecule has 1 aromatic rings. The summed E-state index contributed by atoms with van der Waals surface area (Å²) < 4.78 is 16.4. The average Bonchev–Trinajstić information content (AvgIpc) is 2.32. The first-order chi connectivity index (χ1) is 7.61. The minimum atomic E-state index is -2.74. The third-order valence-electron chi connectivity index (χ3n) is 2.52.